The lowest BCUT2D eigenvalue weighted by Gasteiger charge is -2.26. The molecule has 0 saturated heterocycles. The van der Waals surface area contributed by atoms with Crippen LogP contribution in [0.3, 0.4) is 0 Å². The predicted octanol–water partition coefficient (Wildman–Crippen LogP) is 29.5. The van der Waals surface area contributed by atoms with E-state index < -0.39 is 0 Å². The van der Waals surface area contributed by atoms with Crippen molar-refractivity contribution in [2.24, 2.45) is 0 Å². The molecule has 4 heterocycles. The number of aromatic nitrogens is 5. The van der Waals surface area contributed by atoms with Crippen LogP contribution in [0.1, 0.15) is 0 Å². The van der Waals surface area contributed by atoms with Crippen LogP contribution in [0.2, 0.25) is 0 Å². The van der Waals surface area contributed by atoms with Crippen LogP contribution in [0.15, 0.2) is 425 Å². The highest BCUT2D eigenvalue weighted by atomic mass is 32.1. The lowest BCUT2D eigenvalue weighted by Crippen LogP contribution is -2.10. The average Bonchev–Trinajstić information content (AvgIpc) is 1.43. The molecule has 0 unspecified atom stereocenters. The van der Waals surface area contributed by atoms with Crippen molar-refractivity contribution in [1.82, 2.24) is 22.4 Å². The summed E-state index contributed by atoms with van der Waals surface area (Å²) in [5.41, 5.74) is 35.8. The number of benzene rings is 18. The first-order chi connectivity index (χ1) is 57.0. The number of rotatable bonds is 15. The zero-order chi connectivity index (χ0) is 75.9. The van der Waals surface area contributed by atoms with Crippen LogP contribution < -0.4 is 4.90 Å². The Morgan fingerprint density at radius 2 is 0.426 bits per heavy atom. The van der Waals surface area contributed by atoms with Crippen molar-refractivity contribution in [2.45, 2.75) is 0 Å². The maximum Gasteiger partial charge on any atom is 0.129 e. The lowest BCUT2D eigenvalue weighted by molar-refractivity contribution is 1.18. The molecule has 538 valence electrons. The first-order valence-electron chi connectivity index (χ1n) is 39.2. The molecular formula is C108H70N6S. The summed E-state index contributed by atoms with van der Waals surface area (Å²) >= 11 is 1.25. The highest BCUT2D eigenvalue weighted by molar-refractivity contribution is 7.00. The molecule has 18 aromatic carbocycles. The molecule has 0 spiro atoms. The van der Waals surface area contributed by atoms with Crippen LogP contribution in [0.25, 0.3) is 194 Å². The zero-order valence-electron chi connectivity index (χ0n) is 62.5. The van der Waals surface area contributed by atoms with Crippen molar-refractivity contribution in [1.29, 1.82) is 0 Å². The zero-order valence-corrected chi connectivity index (χ0v) is 63.3. The number of fused-ring (bicyclic) bond motifs is 10. The summed E-state index contributed by atoms with van der Waals surface area (Å²) in [5.74, 6) is 0. The standard InChI is InChI=1S/C108H70N6S/c1-5-17-71(18-6-1)75-29-33-79(34-30-75)86-49-64-104-98(69-86)99-70-87(80-35-31-76(32-36-80)72-19-7-2-8-20-72)50-65-105(99)114(104)92-59-45-83(46-60-92)93-61-66-106(108-107(93)109-115-110-108)111(88-51-41-81(42-52-88)84-47-62-102-96(67-84)94-25-13-15-27-100(94)112(102)90-55-37-77(38-56-90)73-21-9-3-10-22-73)89-53-43-82(44-54-89)85-48-63-103-97(68-85)95-26-14-16-28-101(95)113(103)91-57-39-78(40-58-91)74-23-11-4-12-24-74/h1-70H. The first kappa shape index (κ1) is 66.9. The van der Waals surface area contributed by atoms with Gasteiger partial charge in [-0.2, -0.15) is 8.75 Å². The molecule has 0 radical (unpaired) electrons. The Labute approximate surface area is 669 Å². The normalized spacial score (nSPS) is 11.7. The third-order valence-electron chi connectivity index (χ3n) is 23.2. The molecule has 7 heteroatoms. The fourth-order valence-corrected chi connectivity index (χ4v) is 18.0. The SMILES string of the molecule is c1ccc(-c2ccc(-c3ccc4c(c3)c3cc(-c5ccc(-c6ccccc6)cc5)ccc3n4-c3ccc(-c4ccc(N(c5ccc(-c6ccc7c(c6)c6ccccc6n7-c6ccc(-c7ccccc7)cc6)cc5)c5ccc(-c6ccc7c(c6)c6ccccc6n7-c6ccc(-c7ccccc7)cc6)cc5)c5nsnc45)cc3)cc2)cc1. The highest BCUT2D eigenvalue weighted by Crippen LogP contribution is 2.46. The maximum absolute atomic E-state index is 5.20. The van der Waals surface area contributed by atoms with Crippen LogP contribution in [0, 0.1) is 0 Å². The molecule has 0 saturated carbocycles. The molecule has 4 aromatic heterocycles. The number of hydrogen-bond donors (Lipinski definition) is 0. The first-order valence-corrected chi connectivity index (χ1v) is 39.9. The molecule has 0 bridgehead atoms. The van der Waals surface area contributed by atoms with Gasteiger partial charge in [0.2, 0.25) is 0 Å². The summed E-state index contributed by atoms with van der Waals surface area (Å²) in [7, 11) is 0. The Hall–Kier alpha value is -15.0. The lowest BCUT2D eigenvalue weighted by atomic mass is 9.97. The van der Waals surface area contributed by atoms with Crippen LogP contribution >= 0.6 is 11.7 Å². The van der Waals surface area contributed by atoms with Gasteiger partial charge in [0.1, 0.15) is 11.0 Å². The van der Waals surface area contributed by atoms with E-state index in [9.17, 15) is 0 Å². The van der Waals surface area contributed by atoms with Crippen molar-refractivity contribution in [3.8, 4) is 117 Å². The quantitative estimate of drug-likeness (QED) is 0.103. The van der Waals surface area contributed by atoms with Gasteiger partial charge in [-0.05, 0) is 228 Å². The molecule has 6 nitrogen and oxygen atoms in total. The molecular weight excluding hydrogens is 1410 g/mol. The third-order valence-corrected chi connectivity index (χ3v) is 23.7. The van der Waals surface area contributed by atoms with Gasteiger partial charge >= 0.3 is 0 Å². The minimum absolute atomic E-state index is 0.825. The second kappa shape index (κ2) is 28.1. The van der Waals surface area contributed by atoms with Gasteiger partial charge in [-0.3, -0.25) is 0 Å². The van der Waals surface area contributed by atoms with E-state index in [2.05, 4.69) is 443 Å². The highest BCUT2D eigenvalue weighted by Gasteiger charge is 2.24. The van der Waals surface area contributed by atoms with Gasteiger partial charge < -0.3 is 18.6 Å². The molecule has 22 aromatic rings. The number of anilines is 3. The Morgan fingerprint density at radius 3 is 0.765 bits per heavy atom. The van der Waals surface area contributed by atoms with E-state index in [1.807, 2.05) is 0 Å². The van der Waals surface area contributed by atoms with E-state index in [1.54, 1.807) is 0 Å². The van der Waals surface area contributed by atoms with E-state index in [0.717, 1.165) is 101 Å². The molecule has 0 aliphatic heterocycles. The largest absolute Gasteiger partial charge is 0.309 e. The van der Waals surface area contributed by atoms with Gasteiger partial charge in [0.25, 0.3) is 0 Å². The van der Waals surface area contributed by atoms with E-state index >= 15 is 0 Å². The van der Waals surface area contributed by atoms with Crippen LogP contribution in [-0.4, -0.2) is 22.4 Å². The summed E-state index contributed by atoms with van der Waals surface area (Å²) in [4.78, 5) is 2.35. The fourth-order valence-electron chi connectivity index (χ4n) is 17.5. The summed E-state index contributed by atoms with van der Waals surface area (Å²) in [6.45, 7) is 0. The fraction of sp³-hybridized carbons (Fsp3) is 0. The third kappa shape index (κ3) is 11.9. The van der Waals surface area contributed by atoms with Gasteiger partial charge in [-0.15, -0.1) is 0 Å². The van der Waals surface area contributed by atoms with Crippen molar-refractivity contribution >= 4 is 105 Å². The molecule has 0 N–H and O–H groups in total. The van der Waals surface area contributed by atoms with Gasteiger partial charge in [-0.1, -0.05) is 291 Å². The second-order valence-electron chi connectivity index (χ2n) is 29.8. The predicted molar refractivity (Wildman–Crippen MR) is 484 cm³/mol. The Bertz CT molecular complexity index is 7030. The summed E-state index contributed by atoms with van der Waals surface area (Å²) < 4.78 is 17.6. The molecule has 115 heavy (non-hydrogen) atoms. The minimum Gasteiger partial charge on any atom is -0.309 e. The smallest absolute Gasteiger partial charge is 0.129 e. The van der Waals surface area contributed by atoms with E-state index in [0.29, 0.717) is 0 Å². The maximum atomic E-state index is 5.20. The van der Waals surface area contributed by atoms with Gasteiger partial charge in [0.05, 0.1) is 50.5 Å². The molecule has 0 aliphatic carbocycles. The van der Waals surface area contributed by atoms with Crippen molar-refractivity contribution < 1.29 is 0 Å². The van der Waals surface area contributed by atoms with Crippen molar-refractivity contribution in [3.05, 3.63) is 425 Å². The Balaban J connectivity index is 0.625. The average molecular weight is 1480 g/mol. The number of nitrogens with zero attached hydrogens (tertiary/aromatic N) is 6. The molecule has 0 atom stereocenters. The second-order valence-corrected chi connectivity index (χ2v) is 30.3. The van der Waals surface area contributed by atoms with Crippen molar-refractivity contribution in [2.75, 3.05) is 4.90 Å². The van der Waals surface area contributed by atoms with E-state index in [-0.39, 0.29) is 0 Å². The van der Waals surface area contributed by atoms with E-state index in [4.69, 9.17) is 8.75 Å². The summed E-state index contributed by atoms with van der Waals surface area (Å²) in [6, 6.07) is 155. The molecule has 0 amide bonds. The summed E-state index contributed by atoms with van der Waals surface area (Å²) in [5, 5.41) is 7.22. The minimum atomic E-state index is 0.825. The van der Waals surface area contributed by atoms with Gasteiger partial charge in [0, 0.05) is 66.3 Å². The topological polar surface area (TPSA) is 43.8 Å². The monoisotopic (exact) mass is 1480 g/mol. The van der Waals surface area contributed by atoms with Crippen molar-refractivity contribution in [3.63, 3.8) is 0 Å². The molecule has 22 rings (SSSR count). The summed E-state index contributed by atoms with van der Waals surface area (Å²) in [6.07, 6.45) is 0. The molecule has 0 aliphatic rings. The van der Waals surface area contributed by atoms with Crippen LogP contribution in [0.5, 0.6) is 0 Å². The van der Waals surface area contributed by atoms with Gasteiger partial charge in [-0.25, -0.2) is 0 Å². The van der Waals surface area contributed by atoms with E-state index in [1.165, 1.54) is 122 Å². The van der Waals surface area contributed by atoms with Gasteiger partial charge in [0.15, 0.2) is 0 Å². The van der Waals surface area contributed by atoms with Crippen LogP contribution in [-0.2, 0) is 0 Å². The number of hydrogen-bond acceptors (Lipinski definition) is 4. The Kier molecular flexibility index (Phi) is 16.3. The van der Waals surface area contributed by atoms with Crippen LogP contribution in [0.4, 0.5) is 17.1 Å². The molecule has 0 fully saturated rings. The Morgan fingerprint density at radius 1 is 0.183 bits per heavy atom. The number of para-hydroxylation sites is 2.